The lowest BCUT2D eigenvalue weighted by Gasteiger charge is -2.05. The zero-order valence-electron chi connectivity index (χ0n) is 5.19. The Bertz CT molecular complexity index is 82.4. The average Bonchev–Trinajstić information content (AvgIpc) is 1.87. The van der Waals surface area contributed by atoms with Gasteiger partial charge in [0.1, 0.15) is 6.20 Å². The maximum Gasteiger partial charge on any atom is 0.156 e. The van der Waals surface area contributed by atoms with Gasteiger partial charge in [-0.05, 0) is 0 Å². The van der Waals surface area contributed by atoms with Gasteiger partial charge in [0, 0.05) is 7.05 Å². The summed E-state index contributed by atoms with van der Waals surface area (Å²) < 4.78 is 0. The fourth-order valence-electron chi connectivity index (χ4n) is 0.753. The van der Waals surface area contributed by atoms with Gasteiger partial charge >= 0.3 is 0 Å². The highest BCUT2D eigenvalue weighted by molar-refractivity contribution is 4.73. The van der Waals surface area contributed by atoms with Crippen LogP contribution in [0.1, 0.15) is 0 Å². The van der Waals surface area contributed by atoms with Gasteiger partial charge in [0.2, 0.25) is 0 Å². The van der Waals surface area contributed by atoms with Crippen LogP contribution in [0, 0.1) is 0 Å². The molecule has 8 heavy (non-hydrogen) atoms. The fourth-order valence-corrected chi connectivity index (χ4v) is 0.753. The van der Waals surface area contributed by atoms with Gasteiger partial charge in [-0.15, -0.1) is 0 Å². The van der Waals surface area contributed by atoms with Gasteiger partial charge < -0.3 is 9.60 Å². The van der Waals surface area contributed by atoms with Crippen molar-refractivity contribution in [1.29, 1.82) is 0 Å². The molecule has 0 aromatic carbocycles. The third kappa shape index (κ3) is 1.50. The van der Waals surface area contributed by atoms with Gasteiger partial charge in [-0.25, -0.2) is 0 Å². The lowest BCUT2D eigenvalue weighted by molar-refractivity contribution is -0.826. The molecule has 48 valence electrons. The Kier molecular flexibility index (Phi) is 2.48. The Labute approximate surface area is 48.8 Å². The van der Waals surface area contributed by atoms with E-state index in [1.807, 2.05) is 0 Å². The van der Waals surface area contributed by atoms with Gasteiger partial charge in [-0.1, -0.05) is 0 Å². The maximum atomic E-state index is 2.16. The summed E-state index contributed by atoms with van der Waals surface area (Å²) in [5, 5.41) is 0. The number of nitrogens with zero attached hydrogens (tertiary/aromatic N) is 1. The van der Waals surface area contributed by atoms with E-state index in [1.54, 1.807) is 0 Å². The van der Waals surface area contributed by atoms with Gasteiger partial charge in [0.15, 0.2) is 6.67 Å². The first-order valence-corrected chi connectivity index (χ1v) is 2.50. The number of quaternary nitrogens is 1. The lowest BCUT2D eigenvalue weighted by atomic mass is 10.9. The zero-order chi connectivity index (χ0) is 5.28. The standard InChI is InChI=1S/C5H10N2.FH/c1-6-3-4-7(2)5-6;/h3-4H,5H2,1-2H3;1H. The van der Waals surface area contributed by atoms with E-state index < -0.39 is 0 Å². The number of hydrogen-bond acceptors (Lipinski definition) is 1. The summed E-state index contributed by atoms with van der Waals surface area (Å²) in [6, 6.07) is 0. The summed E-state index contributed by atoms with van der Waals surface area (Å²) in [6.45, 7) is 1.11. The minimum atomic E-state index is 0. The minimum absolute atomic E-state index is 0. The topological polar surface area (TPSA) is 7.68 Å². The van der Waals surface area contributed by atoms with Crippen LogP contribution in [-0.4, -0.2) is 25.7 Å². The van der Waals surface area contributed by atoms with Crippen LogP contribution in [0.3, 0.4) is 0 Å². The molecule has 0 saturated heterocycles. The van der Waals surface area contributed by atoms with Gasteiger partial charge in [0.05, 0.1) is 13.2 Å². The normalized spacial score (nSPS) is 25.8. The van der Waals surface area contributed by atoms with Crippen molar-refractivity contribution < 1.29 is 9.60 Å². The molecule has 0 amide bonds. The molecule has 1 heterocycles. The zero-order valence-corrected chi connectivity index (χ0v) is 5.19. The van der Waals surface area contributed by atoms with E-state index in [2.05, 4.69) is 31.4 Å². The van der Waals surface area contributed by atoms with E-state index >= 15 is 0 Å². The van der Waals surface area contributed by atoms with Crippen LogP contribution in [0.25, 0.3) is 0 Å². The second-order valence-electron chi connectivity index (χ2n) is 2.08. The SMILES string of the molecule is CN1C=C[NH+](C)C1.[F-]. The molecule has 1 N–H and O–H groups in total. The Hall–Kier alpha value is -0.570. The summed E-state index contributed by atoms with van der Waals surface area (Å²) in [5.74, 6) is 0. The van der Waals surface area contributed by atoms with Crippen LogP contribution in [-0.2, 0) is 0 Å². The van der Waals surface area contributed by atoms with Crippen molar-refractivity contribution in [2.75, 3.05) is 20.8 Å². The van der Waals surface area contributed by atoms with Crippen molar-refractivity contribution in [3.63, 3.8) is 0 Å². The van der Waals surface area contributed by atoms with E-state index in [-0.39, 0.29) is 4.70 Å². The highest BCUT2D eigenvalue weighted by atomic mass is 19.0. The van der Waals surface area contributed by atoms with Gasteiger partial charge in [0.25, 0.3) is 0 Å². The second-order valence-corrected chi connectivity index (χ2v) is 2.08. The van der Waals surface area contributed by atoms with Gasteiger partial charge in [-0.2, -0.15) is 0 Å². The third-order valence-electron chi connectivity index (χ3n) is 1.11. The highest BCUT2D eigenvalue weighted by Crippen LogP contribution is 1.79. The molecule has 0 spiro atoms. The van der Waals surface area contributed by atoms with Crippen molar-refractivity contribution in [2.45, 2.75) is 0 Å². The smallest absolute Gasteiger partial charge is 0.156 e. The monoisotopic (exact) mass is 118 g/mol. The van der Waals surface area contributed by atoms with Crippen molar-refractivity contribution in [3.8, 4) is 0 Å². The van der Waals surface area contributed by atoms with Gasteiger partial charge in [-0.3, -0.25) is 4.90 Å². The average molecular weight is 118 g/mol. The Morgan fingerprint density at radius 3 is 2.38 bits per heavy atom. The van der Waals surface area contributed by atoms with Crippen molar-refractivity contribution >= 4 is 0 Å². The summed E-state index contributed by atoms with van der Waals surface area (Å²) in [7, 11) is 4.22. The molecule has 1 aliphatic rings. The molecule has 3 heteroatoms. The Morgan fingerprint density at radius 1 is 1.62 bits per heavy atom. The van der Waals surface area contributed by atoms with Crippen LogP contribution < -0.4 is 9.60 Å². The van der Waals surface area contributed by atoms with E-state index in [9.17, 15) is 0 Å². The Morgan fingerprint density at radius 2 is 2.25 bits per heavy atom. The largest absolute Gasteiger partial charge is 1.00 e. The molecule has 0 aliphatic carbocycles. The molecule has 0 aromatic rings. The molecule has 0 radical (unpaired) electrons. The molecular formula is C5H11FN2. The first kappa shape index (κ1) is 7.43. The first-order valence-electron chi connectivity index (χ1n) is 2.50. The molecule has 2 nitrogen and oxygen atoms in total. The van der Waals surface area contributed by atoms with Crippen LogP contribution in [0.4, 0.5) is 0 Å². The predicted molar refractivity (Wildman–Crippen MR) is 28.7 cm³/mol. The highest BCUT2D eigenvalue weighted by Gasteiger charge is 2.05. The number of nitrogens with one attached hydrogen (secondary N) is 1. The molecule has 1 atom stereocenters. The fraction of sp³-hybridized carbons (Fsp3) is 0.600. The lowest BCUT2D eigenvalue weighted by Crippen LogP contribution is -3.03. The summed E-state index contributed by atoms with van der Waals surface area (Å²) in [6.07, 6.45) is 4.23. The number of hydrogen-bond donors (Lipinski definition) is 1. The van der Waals surface area contributed by atoms with Crippen molar-refractivity contribution in [2.24, 2.45) is 0 Å². The summed E-state index contributed by atoms with van der Waals surface area (Å²) in [4.78, 5) is 3.61. The van der Waals surface area contributed by atoms with E-state index in [0.29, 0.717) is 0 Å². The third-order valence-corrected chi connectivity index (χ3v) is 1.11. The molecule has 1 unspecified atom stereocenters. The van der Waals surface area contributed by atoms with Crippen LogP contribution in [0.15, 0.2) is 12.4 Å². The molecule has 0 aromatic heterocycles. The molecule has 1 aliphatic heterocycles. The van der Waals surface area contributed by atoms with E-state index in [4.69, 9.17) is 0 Å². The van der Waals surface area contributed by atoms with Crippen molar-refractivity contribution in [3.05, 3.63) is 12.4 Å². The minimum Gasteiger partial charge on any atom is -1.00 e. The Balaban J connectivity index is 0.000000490. The predicted octanol–water partition coefficient (Wildman–Crippen LogP) is -4.12. The molecule has 1 rings (SSSR count). The summed E-state index contributed by atoms with van der Waals surface area (Å²) >= 11 is 0. The molecule has 0 saturated carbocycles. The van der Waals surface area contributed by atoms with E-state index in [1.165, 1.54) is 4.90 Å². The van der Waals surface area contributed by atoms with Crippen molar-refractivity contribution in [1.82, 2.24) is 4.90 Å². The molecular weight excluding hydrogens is 107 g/mol. The maximum absolute atomic E-state index is 2.16. The quantitative estimate of drug-likeness (QED) is 0.339. The second kappa shape index (κ2) is 2.67. The van der Waals surface area contributed by atoms with E-state index in [0.717, 1.165) is 6.67 Å². The molecule has 0 bridgehead atoms. The number of halogens is 1. The summed E-state index contributed by atoms with van der Waals surface area (Å²) in [5.41, 5.74) is 0. The van der Waals surface area contributed by atoms with Crippen LogP contribution in [0.5, 0.6) is 0 Å². The van der Waals surface area contributed by atoms with Crippen LogP contribution in [0.2, 0.25) is 0 Å². The first-order chi connectivity index (χ1) is 3.29. The van der Waals surface area contributed by atoms with Crippen LogP contribution >= 0.6 is 0 Å². The number of rotatable bonds is 0. The molecule has 0 fully saturated rings.